The lowest BCUT2D eigenvalue weighted by molar-refractivity contribution is 0.104. The van der Waals surface area contributed by atoms with Crippen molar-refractivity contribution in [2.24, 2.45) is 0 Å². The third-order valence-corrected chi connectivity index (χ3v) is 4.52. The van der Waals surface area contributed by atoms with E-state index in [2.05, 4.69) is 28.9 Å². The van der Waals surface area contributed by atoms with Gasteiger partial charge in [0, 0.05) is 43.8 Å². The molecule has 126 valence electrons. The van der Waals surface area contributed by atoms with Gasteiger partial charge in [0.25, 0.3) is 0 Å². The highest BCUT2D eigenvalue weighted by molar-refractivity contribution is 6.30. The molecule has 5 heteroatoms. The normalized spacial score (nSPS) is 16.9. The largest absolute Gasteiger partial charge is 0.338 e. The van der Waals surface area contributed by atoms with Crippen LogP contribution in [0.25, 0.3) is 0 Å². The molecule has 23 heavy (non-hydrogen) atoms. The minimum absolute atomic E-state index is 0.0429. The minimum atomic E-state index is 0.0429. The molecule has 1 atom stereocenters. The van der Waals surface area contributed by atoms with Gasteiger partial charge in [-0.15, -0.1) is 6.58 Å². The third-order valence-electron chi connectivity index (χ3n) is 4.27. The van der Waals surface area contributed by atoms with Gasteiger partial charge >= 0.3 is 6.03 Å². The molecule has 1 aromatic carbocycles. The fourth-order valence-electron chi connectivity index (χ4n) is 3.02. The minimum Gasteiger partial charge on any atom is -0.338 e. The number of hydrogen-bond donors (Lipinski definition) is 1. The van der Waals surface area contributed by atoms with E-state index in [9.17, 15) is 4.79 Å². The zero-order valence-electron chi connectivity index (χ0n) is 13.8. The fraction of sp³-hybridized carbons (Fsp3) is 0.500. The second kappa shape index (κ2) is 8.94. The molecule has 1 unspecified atom stereocenters. The van der Waals surface area contributed by atoms with Crippen molar-refractivity contribution in [3.05, 3.63) is 47.5 Å². The number of carbonyl (C=O) groups is 1. The molecular weight excluding hydrogens is 310 g/mol. The first kappa shape index (κ1) is 17.8. The molecule has 2 amide bonds. The first-order valence-corrected chi connectivity index (χ1v) is 8.66. The summed E-state index contributed by atoms with van der Waals surface area (Å²) in [5, 5.41) is 3.63. The lowest BCUT2D eigenvalue weighted by Crippen LogP contribution is -2.52. The summed E-state index contributed by atoms with van der Waals surface area (Å²) >= 11 is 6.01. The van der Waals surface area contributed by atoms with Crippen molar-refractivity contribution in [2.75, 3.05) is 32.7 Å². The Hall–Kier alpha value is -1.52. The molecule has 0 aliphatic carbocycles. The van der Waals surface area contributed by atoms with Crippen molar-refractivity contribution in [3.63, 3.8) is 0 Å². The van der Waals surface area contributed by atoms with Gasteiger partial charge in [-0.2, -0.15) is 0 Å². The molecule has 1 aromatic rings. The van der Waals surface area contributed by atoms with Crippen LogP contribution in [0.2, 0.25) is 5.02 Å². The predicted octanol–water partition coefficient (Wildman–Crippen LogP) is 3.69. The van der Waals surface area contributed by atoms with Gasteiger partial charge in [0.15, 0.2) is 0 Å². The van der Waals surface area contributed by atoms with E-state index in [1.165, 1.54) is 5.56 Å². The van der Waals surface area contributed by atoms with Gasteiger partial charge in [-0.3, -0.25) is 4.90 Å². The first-order chi connectivity index (χ1) is 11.2. The van der Waals surface area contributed by atoms with Gasteiger partial charge in [0.2, 0.25) is 0 Å². The molecule has 0 radical (unpaired) electrons. The average molecular weight is 336 g/mol. The number of nitrogens with one attached hydrogen (secondary N) is 1. The first-order valence-electron chi connectivity index (χ1n) is 8.29. The Bertz CT molecular complexity index is 510. The number of carbonyl (C=O) groups excluding carboxylic acids is 1. The Balaban J connectivity index is 2.01. The summed E-state index contributed by atoms with van der Waals surface area (Å²) in [7, 11) is 0. The summed E-state index contributed by atoms with van der Waals surface area (Å²) in [6, 6.07) is 8.49. The Morgan fingerprint density at radius 2 is 1.96 bits per heavy atom. The number of nitrogens with zero attached hydrogens (tertiary/aromatic N) is 2. The molecule has 0 bridgehead atoms. The topological polar surface area (TPSA) is 35.6 Å². The second-order valence-electron chi connectivity index (χ2n) is 5.79. The quantitative estimate of drug-likeness (QED) is 0.805. The number of hydrogen-bond acceptors (Lipinski definition) is 2. The molecule has 1 saturated heterocycles. The molecule has 1 fully saturated rings. The average Bonchev–Trinajstić information content (AvgIpc) is 2.57. The van der Waals surface area contributed by atoms with E-state index in [4.69, 9.17) is 11.6 Å². The van der Waals surface area contributed by atoms with E-state index in [0.717, 1.165) is 44.0 Å². The van der Waals surface area contributed by atoms with Crippen LogP contribution in [-0.4, -0.2) is 48.6 Å². The smallest absolute Gasteiger partial charge is 0.317 e. The fourth-order valence-corrected chi connectivity index (χ4v) is 3.15. The van der Waals surface area contributed by atoms with Crippen molar-refractivity contribution in [1.29, 1.82) is 0 Å². The molecule has 0 spiro atoms. The molecule has 4 nitrogen and oxygen atoms in total. The van der Waals surface area contributed by atoms with Crippen LogP contribution in [0.5, 0.6) is 0 Å². The SMILES string of the molecule is C=CCCC(c1ccc(Cl)cc1)N1CCN(C(=O)NCC)CC1. The van der Waals surface area contributed by atoms with Crippen LogP contribution in [0, 0.1) is 0 Å². The molecule has 0 aromatic heterocycles. The van der Waals surface area contributed by atoms with Crippen LogP contribution in [0.15, 0.2) is 36.9 Å². The summed E-state index contributed by atoms with van der Waals surface area (Å²) in [4.78, 5) is 16.3. The van der Waals surface area contributed by atoms with Crippen LogP contribution in [0.3, 0.4) is 0 Å². The van der Waals surface area contributed by atoms with Gasteiger partial charge in [-0.1, -0.05) is 29.8 Å². The lowest BCUT2D eigenvalue weighted by Gasteiger charge is -2.39. The molecule has 1 heterocycles. The molecule has 2 rings (SSSR count). The van der Waals surface area contributed by atoms with Gasteiger partial charge < -0.3 is 10.2 Å². The Kier molecular flexibility index (Phi) is 6.93. The van der Waals surface area contributed by atoms with E-state index in [-0.39, 0.29) is 6.03 Å². The standard InChI is InChI=1S/C18H26ClN3O/c1-3-5-6-17(15-7-9-16(19)10-8-15)21-11-13-22(14-12-21)18(23)20-4-2/h3,7-10,17H,1,4-6,11-14H2,2H3,(H,20,23). The number of rotatable bonds is 6. The van der Waals surface area contributed by atoms with Crippen molar-refractivity contribution in [2.45, 2.75) is 25.8 Å². The summed E-state index contributed by atoms with van der Waals surface area (Å²) in [6.07, 6.45) is 3.98. The van der Waals surface area contributed by atoms with Crippen molar-refractivity contribution in [3.8, 4) is 0 Å². The van der Waals surface area contributed by atoms with Crippen molar-refractivity contribution < 1.29 is 4.79 Å². The maximum Gasteiger partial charge on any atom is 0.317 e. The molecule has 1 aliphatic heterocycles. The van der Waals surface area contributed by atoms with E-state index in [1.54, 1.807) is 0 Å². The van der Waals surface area contributed by atoms with E-state index in [0.29, 0.717) is 12.6 Å². The van der Waals surface area contributed by atoms with Crippen LogP contribution in [0.4, 0.5) is 4.79 Å². The molecular formula is C18H26ClN3O. The number of halogens is 1. The van der Waals surface area contributed by atoms with Crippen molar-refractivity contribution in [1.82, 2.24) is 15.1 Å². The summed E-state index contributed by atoms with van der Waals surface area (Å²) < 4.78 is 0. The van der Waals surface area contributed by atoms with Gasteiger partial charge in [0.1, 0.15) is 0 Å². The molecule has 1 aliphatic rings. The Morgan fingerprint density at radius 3 is 2.52 bits per heavy atom. The summed E-state index contributed by atoms with van der Waals surface area (Å²) in [5.41, 5.74) is 1.28. The second-order valence-corrected chi connectivity index (χ2v) is 6.23. The van der Waals surface area contributed by atoms with Crippen LogP contribution in [-0.2, 0) is 0 Å². The zero-order chi connectivity index (χ0) is 16.7. The Morgan fingerprint density at radius 1 is 1.30 bits per heavy atom. The van der Waals surface area contributed by atoms with Crippen LogP contribution >= 0.6 is 11.6 Å². The maximum atomic E-state index is 11.9. The highest BCUT2D eigenvalue weighted by atomic mass is 35.5. The van der Waals surface area contributed by atoms with E-state index >= 15 is 0 Å². The van der Waals surface area contributed by atoms with Crippen LogP contribution in [0.1, 0.15) is 31.4 Å². The van der Waals surface area contributed by atoms with Crippen LogP contribution < -0.4 is 5.32 Å². The van der Waals surface area contributed by atoms with Crippen molar-refractivity contribution >= 4 is 17.6 Å². The lowest BCUT2D eigenvalue weighted by atomic mass is 9.99. The van der Waals surface area contributed by atoms with Gasteiger partial charge in [-0.25, -0.2) is 4.79 Å². The number of amides is 2. The number of allylic oxidation sites excluding steroid dienone is 1. The highest BCUT2D eigenvalue weighted by Crippen LogP contribution is 2.28. The number of benzene rings is 1. The number of urea groups is 1. The highest BCUT2D eigenvalue weighted by Gasteiger charge is 2.26. The third kappa shape index (κ3) is 4.98. The predicted molar refractivity (Wildman–Crippen MR) is 95.8 cm³/mol. The van der Waals surface area contributed by atoms with E-state index in [1.807, 2.05) is 30.0 Å². The monoisotopic (exact) mass is 335 g/mol. The Labute approximate surface area is 144 Å². The molecule has 0 saturated carbocycles. The summed E-state index contributed by atoms with van der Waals surface area (Å²) in [5.74, 6) is 0. The summed E-state index contributed by atoms with van der Waals surface area (Å²) in [6.45, 7) is 9.77. The van der Waals surface area contributed by atoms with Gasteiger partial charge in [0.05, 0.1) is 0 Å². The molecule has 1 N–H and O–H groups in total. The van der Waals surface area contributed by atoms with E-state index < -0.39 is 0 Å². The zero-order valence-corrected chi connectivity index (χ0v) is 14.6. The number of piperazine rings is 1. The maximum absolute atomic E-state index is 11.9. The van der Waals surface area contributed by atoms with Gasteiger partial charge in [-0.05, 0) is 37.5 Å².